The van der Waals surface area contributed by atoms with E-state index in [1.54, 1.807) is 0 Å². The fourth-order valence-electron chi connectivity index (χ4n) is 3.14. The summed E-state index contributed by atoms with van der Waals surface area (Å²) >= 11 is 0. The van der Waals surface area contributed by atoms with Crippen LogP contribution in [0, 0.1) is 6.92 Å². The van der Waals surface area contributed by atoms with Gasteiger partial charge in [-0.15, -0.1) is 12.4 Å². The van der Waals surface area contributed by atoms with Gasteiger partial charge < -0.3 is 4.57 Å². The lowest BCUT2D eigenvalue weighted by molar-refractivity contribution is 0.569. The molecule has 0 bridgehead atoms. The summed E-state index contributed by atoms with van der Waals surface area (Å²) in [5.41, 5.74) is 2.74. The van der Waals surface area contributed by atoms with Gasteiger partial charge in [-0.1, -0.05) is 82.2 Å². The van der Waals surface area contributed by atoms with Crippen LogP contribution in [-0.2, 0) is 13.0 Å². The predicted octanol–water partition coefficient (Wildman–Crippen LogP) is 6.34. The van der Waals surface area contributed by atoms with E-state index in [4.69, 9.17) is 0 Å². The quantitative estimate of drug-likeness (QED) is 0.433. The van der Waals surface area contributed by atoms with E-state index in [2.05, 4.69) is 59.9 Å². The third-order valence-corrected chi connectivity index (χ3v) is 4.61. The topological polar surface area (TPSA) is 17.8 Å². The summed E-state index contributed by atoms with van der Waals surface area (Å²) in [6, 6.07) is 10.7. The SMILES string of the molecule is CCCCCCCCCCc1cnc(C)n1Cc1ccccc1.Cl. The van der Waals surface area contributed by atoms with Gasteiger partial charge in [-0.3, -0.25) is 0 Å². The van der Waals surface area contributed by atoms with E-state index in [0.29, 0.717) is 0 Å². The van der Waals surface area contributed by atoms with E-state index in [0.717, 1.165) is 18.8 Å². The van der Waals surface area contributed by atoms with Gasteiger partial charge in [-0.2, -0.15) is 0 Å². The molecular weight excluding hydrogens is 316 g/mol. The lowest BCUT2D eigenvalue weighted by atomic mass is 10.1. The summed E-state index contributed by atoms with van der Waals surface area (Å²) in [5, 5.41) is 0. The van der Waals surface area contributed by atoms with Crippen LogP contribution in [0.15, 0.2) is 36.5 Å². The summed E-state index contributed by atoms with van der Waals surface area (Å²) in [4.78, 5) is 4.52. The highest BCUT2D eigenvalue weighted by atomic mass is 35.5. The summed E-state index contributed by atoms with van der Waals surface area (Å²) in [6.07, 6.45) is 14.2. The lowest BCUT2D eigenvalue weighted by Gasteiger charge is -2.10. The molecule has 134 valence electrons. The van der Waals surface area contributed by atoms with Crippen LogP contribution >= 0.6 is 12.4 Å². The van der Waals surface area contributed by atoms with E-state index >= 15 is 0 Å². The highest BCUT2D eigenvalue weighted by Crippen LogP contribution is 2.14. The summed E-state index contributed by atoms with van der Waals surface area (Å²) in [5.74, 6) is 1.13. The Hall–Kier alpha value is -1.28. The Morgan fingerprint density at radius 1 is 0.875 bits per heavy atom. The molecule has 1 aromatic carbocycles. The number of aryl methyl sites for hydroxylation is 2. The highest BCUT2D eigenvalue weighted by molar-refractivity contribution is 5.85. The Labute approximate surface area is 154 Å². The number of benzene rings is 1. The number of hydrogen-bond acceptors (Lipinski definition) is 1. The Morgan fingerprint density at radius 3 is 2.17 bits per heavy atom. The number of unbranched alkanes of at least 4 members (excludes halogenated alkanes) is 7. The Bertz CT molecular complexity index is 548. The maximum Gasteiger partial charge on any atom is 0.106 e. The molecule has 0 atom stereocenters. The summed E-state index contributed by atoms with van der Waals surface area (Å²) < 4.78 is 2.37. The van der Waals surface area contributed by atoms with Crippen molar-refractivity contribution < 1.29 is 0 Å². The molecule has 0 aliphatic rings. The van der Waals surface area contributed by atoms with Crippen molar-refractivity contribution in [1.29, 1.82) is 0 Å². The summed E-state index contributed by atoms with van der Waals surface area (Å²) in [6.45, 7) is 5.33. The molecule has 1 aromatic heterocycles. The van der Waals surface area contributed by atoms with Gasteiger partial charge in [0.2, 0.25) is 0 Å². The van der Waals surface area contributed by atoms with Crippen molar-refractivity contribution in [3.8, 4) is 0 Å². The van der Waals surface area contributed by atoms with E-state index < -0.39 is 0 Å². The first-order chi connectivity index (χ1) is 11.3. The van der Waals surface area contributed by atoms with Crippen molar-refractivity contribution in [2.75, 3.05) is 0 Å². The molecule has 0 radical (unpaired) electrons. The van der Waals surface area contributed by atoms with Crippen LogP contribution in [0.4, 0.5) is 0 Å². The van der Waals surface area contributed by atoms with Crippen LogP contribution in [0.2, 0.25) is 0 Å². The van der Waals surface area contributed by atoms with Gasteiger partial charge in [-0.25, -0.2) is 4.98 Å². The Morgan fingerprint density at radius 2 is 1.50 bits per heavy atom. The zero-order valence-electron chi connectivity index (χ0n) is 15.3. The maximum absolute atomic E-state index is 4.52. The molecule has 0 aliphatic carbocycles. The van der Waals surface area contributed by atoms with E-state index in [1.807, 2.05) is 0 Å². The highest BCUT2D eigenvalue weighted by Gasteiger charge is 2.07. The first-order valence-electron chi connectivity index (χ1n) is 9.36. The number of imidazole rings is 1. The van der Waals surface area contributed by atoms with E-state index in [1.165, 1.54) is 62.6 Å². The van der Waals surface area contributed by atoms with Crippen molar-refractivity contribution in [3.05, 3.63) is 53.6 Å². The molecule has 0 aliphatic heterocycles. The smallest absolute Gasteiger partial charge is 0.106 e. The second-order valence-corrected chi connectivity index (χ2v) is 6.59. The number of aromatic nitrogens is 2. The third kappa shape index (κ3) is 7.09. The molecule has 0 amide bonds. The first kappa shape index (κ1) is 20.8. The average Bonchev–Trinajstić information content (AvgIpc) is 2.91. The van der Waals surface area contributed by atoms with Crippen LogP contribution in [0.25, 0.3) is 0 Å². The molecule has 0 fully saturated rings. The molecule has 0 unspecified atom stereocenters. The normalized spacial score (nSPS) is 10.6. The average molecular weight is 349 g/mol. The molecule has 2 nitrogen and oxygen atoms in total. The zero-order valence-corrected chi connectivity index (χ0v) is 16.2. The van der Waals surface area contributed by atoms with Crippen molar-refractivity contribution in [3.63, 3.8) is 0 Å². The van der Waals surface area contributed by atoms with Crippen molar-refractivity contribution in [2.24, 2.45) is 0 Å². The van der Waals surface area contributed by atoms with Gasteiger partial charge in [-0.05, 0) is 25.3 Å². The van der Waals surface area contributed by atoms with Crippen molar-refractivity contribution >= 4 is 12.4 Å². The predicted molar refractivity (Wildman–Crippen MR) is 106 cm³/mol. The van der Waals surface area contributed by atoms with Gasteiger partial charge in [0.05, 0.1) is 0 Å². The van der Waals surface area contributed by atoms with Crippen LogP contribution in [0.3, 0.4) is 0 Å². The van der Waals surface area contributed by atoms with Crippen LogP contribution in [0.5, 0.6) is 0 Å². The lowest BCUT2D eigenvalue weighted by Crippen LogP contribution is -2.06. The zero-order chi connectivity index (χ0) is 16.3. The second-order valence-electron chi connectivity index (χ2n) is 6.59. The number of halogens is 1. The van der Waals surface area contributed by atoms with Crippen molar-refractivity contribution in [2.45, 2.75) is 78.2 Å². The molecule has 2 rings (SSSR count). The largest absolute Gasteiger partial charge is 0.328 e. The minimum Gasteiger partial charge on any atom is -0.328 e. The number of hydrogen-bond donors (Lipinski definition) is 0. The molecule has 3 heteroatoms. The monoisotopic (exact) mass is 348 g/mol. The minimum absolute atomic E-state index is 0. The van der Waals surface area contributed by atoms with Crippen LogP contribution < -0.4 is 0 Å². The molecule has 0 saturated carbocycles. The fraction of sp³-hybridized carbons (Fsp3) is 0.571. The van der Waals surface area contributed by atoms with Gasteiger partial charge in [0, 0.05) is 18.4 Å². The Balaban J connectivity index is 0.00000288. The van der Waals surface area contributed by atoms with E-state index in [-0.39, 0.29) is 12.4 Å². The van der Waals surface area contributed by atoms with Gasteiger partial charge in [0.25, 0.3) is 0 Å². The standard InChI is InChI=1S/C21H32N2.ClH/c1-3-4-5-6-7-8-9-13-16-21-17-22-19(2)23(21)18-20-14-11-10-12-15-20;/h10-12,14-15,17H,3-9,13,16,18H2,1-2H3;1H. The molecule has 0 spiro atoms. The van der Waals surface area contributed by atoms with Gasteiger partial charge >= 0.3 is 0 Å². The number of nitrogens with zero attached hydrogens (tertiary/aromatic N) is 2. The van der Waals surface area contributed by atoms with Gasteiger partial charge in [0.1, 0.15) is 5.82 Å². The second kappa shape index (κ2) is 12.1. The third-order valence-electron chi connectivity index (χ3n) is 4.61. The maximum atomic E-state index is 4.52. The van der Waals surface area contributed by atoms with Gasteiger partial charge in [0.15, 0.2) is 0 Å². The van der Waals surface area contributed by atoms with Crippen LogP contribution in [-0.4, -0.2) is 9.55 Å². The number of rotatable bonds is 11. The molecule has 0 N–H and O–H groups in total. The Kier molecular flexibility index (Phi) is 10.5. The van der Waals surface area contributed by atoms with Crippen molar-refractivity contribution in [1.82, 2.24) is 9.55 Å². The fourth-order valence-corrected chi connectivity index (χ4v) is 3.14. The van der Waals surface area contributed by atoms with Crippen LogP contribution in [0.1, 0.15) is 75.4 Å². The summed E-state index contributed by atoms with van der Waals surface area (Å²) in [7, 11) is 0. The minimum atomic E-state index is 0. The molecule has 24 heavy (non-hydrogen) atoms. The molecule has 1 heterocycles. The molecular formula is C21H33ClN2. The molecule has 0 saturated heterocycles. The molecule has 2 aromatic rings. The van der Waals surface area contributed by atoms with E-state index in [9.17, 15) is 0 Å². The first-order valence-corrected chi connectivity index (χ1v) is 9.36.